The standard InChI is InChI=1S/C34H29N/c1-23-29-18-17-27(24-11-5-2-6-12-24)19-33(29)32-22-31(26-15-9-4-10-16-26)30(20-28(32)21-34(23)35)25-13-7-3-8-14-25/h2-20,22-23,34H,21,35H2,1H3. The Bertz CT molecular complexity index is 1470. The molecule has 0 fully saturated rings. The van der Waals surface area contributed by atoms with Gasteiger partial charge in [0, 0.05) is 6.04 Å². The van der Waals surface area contributed by atoms with E-state index >= 15 is 0 Å². The summed E-state index contributed by atoms with van der Waals surface area (Å²) in [5.41, 5.74) is 19.5. The maximum absolute atomic E-state index is 6.80. The molecule has 0 saturated carbocycles. The number of rotatable bonds is 3. The fraction of sp³-hybridized carbons (Fsp3) is 0.118. The lowest BCUT2D eigenvalue weighted by Gasteiger charge is -2.19. The van der Waals surface area contributed by atoms with Crippen molar-refractivity contribution in [3.8, 4) is 44.5 Å². The van der Waals surface area contributed by atoms with E-state index in [9.17, 15) is 0 Å². The van der Waals surface area contributed by atoms with Gasteiger partial charge in [-0.3, -0.25) is 0 Å². The molecule has 0 aromatic heterocycles. The van der Waals surface area contributed by atoms with Crippen LogP contribution in [0.1, 0.15) is 24.0 Å². The summed E-state index contributed by atoms with van der Waals surface area (Å²) < 4.78 is 0. The average Bonchev–Trinajstić information content (AvgIpc) is 3.03. The molecular weight excluding hydrogens is 422 g/mol. The topological polar surface area (TPSA) is 26.0 Å². The normalized spacial score (nSPS) is 16.7. The first-order valence-corrected chi connectivity index (χ1v) is 12.4. The summed E-state index contributed by atoms with van der Waals surface area (Å²) >= 11 is 0. The van der Waals surface area contributed by atoms with Gasteiger partial charge in [-0.15, -0.1) is 0 Å². The van der Waals surface area contributed by atoms with Gasteiger partial charge in [0.2, 0.25) is 0 Å². The highest BCUT2D eigenvalue weighted by Crippen LogP contribution is 2.44. The molecule has 2 unspecified atom stereocenters. The summed E-state index contributed by atoms with van der Waals surface area (Å²) in [5.74, 6) is 0.280. The molecule has 0 heterocycles. The van der Waals surface area contributed by atoms with Crippen LogP contribution in [-0.2, 0) is 6.42 Å². The number of benzene rings is 5. The van der Waals surface area contributed by atoms with Crippen LogP contribution in [0.15, 0.2) is 121 Å². The minimum absolute atomic E-state index is 0.0729. The van der Waals surface area contributed by atoms with Crippen molar-refractivity contribution in [1.82, 2.24) is 0 Å². The fourth-order valence-electron chi connectivity index (χ4n) is 5.44. The van der Waals surface area contributed by atoms with Crippen molar-refractivity contribution < 1.29 is 0 Å². The van der Waals surface area contributed by atoms with Crippen molar-refractivity contribution >= 4 is 0 Å². The molecular formula is C34H29N. The highest BCUT2D eigenvalue weighted by Gasteiger charge is 2.27. The largest absolute Gasteiger partial charge is 0.327 e. The molecule has 0 amide bonds. The van der Waals surface area contributed by atoms with Crippen LogP contribution in [0, 0.1) is 0 Å². The maximum atomic E-state index is 6.80. The Hall–Kier alpha value is -3.94. The van der Waals surface area contributed by atoms with Gasteiger partial charge in [0.15, 0.2) is 0 Å². The molecule has 0 spiro atoms. The zero-order valence-corrected chi connectivity index (χ0v) is 20.0. The SMILES string of the molecule is CC1c2ccc(-c3ccccc3)cc2-c2cc(-c3ccccc3)c(-c3ccccc3)cc2CC1N. The molecule has 35 heavy (non-hydrogen) atoms. The second-order valence-corrected chi connectivity index (χ2v) is 9.61. The van der Waals surface area contributed by atoms with Gasteiger partial charge in [0.05, 0.1) is 0 Å². The van der Waals surface area contributed by atoms with Crippen molar-refractivity contribution in [2.24, 2.45) is 5.73 Å². The molecule has 0 saturated heterocycles. The third kappa shape index (κ3) is 3.99. The number of hydrogen-bond acceptors (Lipinski definition) is 1. The molecule has 6 rings (SSSR count). The zero-order valence-electron chi connectivity index (χ0n) is 20.0. The molecule has 5 aromatic rings. The molecule has 170 valence electrons. The van der Waals surface area contributed by atoms with Crippen LogP contribution < -0.4 is 5.73 Å². The summed E-state index contributed by atoms with van der Waals surface area (Å²) in [6.45, 7) is 2.27. The van der Waals surface area contributed by atoms with Gasteiger partial charge in [-0.1, -0.05) is 110 Å². The Morgan fingerprint density at radius 2 is 1.06 bits per heavy atom. The predicted molar refractivity (Wildman–Crippen MR) is 148 cm³/mol. The van der Waals surface area contributed by atoms with Crippen LogP contribution in [0.25, 0.3) is 44.5 Å². The second-order valence-electron chi connectivity index (χ2n) is 9.61. The third-order valence-corrected chi connectivity index (χ3v) is 7.45. The lowest BCUT2D eigenvalue weighted by atomic mass is 9.85. The maximum Gasteiger partial charge on any atom is 0.0146 e. The Kier molecular flexibility index (Phi) is 5.56. The Morgan fingerprint density at radius 1 is 0.514 bits per heavy atom. The molecule has 2 N–H and O–H groups in total. The number of hydrogen-bond donors (Lipinski definition) is 1. The van der Waals surface area contributed by atoms with E-state index in [4.69, 9.17) is 5.73 Å². The van der Waals surface area contributed by atoms with Crippen molar-refractivity contribution in [2.75, 3.05) is 0 Å². The summed E-state index contributed by atoms with van der Waals surface area (Å²) in [6, 6.07) is 43.9. The van der Waals surface area contributed by atoms with E-state index in [1.165, 1.54) is 55.6 Å². The van der Waals surface area contributed by atoms with E-state index < -0.39 is 0 Å². The Labute approximate surface area is 207 Å². The first-order chi connectivity index (χ1) is 17.2. The minimum Gasteiger partial charge on any atom is -0.327 e. The summed E-state index contributed by atoms with van der Waals surface area (Å²) in [5, 5.41) is 0. The molecule has 1 aliphatic carbocycles. The molecule has 0 aliphatic heterocycles. The summed E-state index contributed by atoms with van der Waals surface area (Å²) in [6.07, 6.45) is 0.862. The molecule has 2 atom stereocenters. The van der Waals surface area contributed by atoms with Crippen molar-refractivity contribution in [2.45, 2.75) is 25.3 Å². The highest BCUT2D eigenvalue weighted by molar-refractivity contribution is 5.90. The van der Waals surface area contributed by atoms with Gasteiger partial charge < -0.3 is 5.73 Å². The number of fused-ring (bicyclic) bond motifs is 3. The van der Waals surface area contributed by atoms with Gasteiger partial charge in [-0.25, -0.2) is 0 Å². The van der Waals surface area contributed by atoms with E-state index in [1.54, 1.807) is 0 Å². The molecule has 1 nitrogen and oxygen atoms in total. The minimum atomic E-state index is 0.0729. The molecule has 0 radical (unpaired) electrons. The quantitative estimate of drug-likeness (QED) is 0.293. The zero-order chi connectivity index (χ0) is 23.8. The van der Waals surface area contributed by atoms with E-state index in [2.05, 4.69) is 128 Å². The lowest BCUT2D eigenvalue weighted by Crippen LogP contribution is -2.28. The Balaban J connectivity index is 1.63. The molecule has 0 bridgehead atoms. The summed E-state index contributed by atoms with van der Waals surface area (Å²) in [4.78, 5) is 0. The van der Waals surface area contributed by atoms with Crippen LogP contribution in [0.4, 0.5) is 0 Å². The van der Waals surface area contributed by atoms with Crippen LogP contribution in [0.2, 0.25) is 0 Å². The third-order valence-electron chi connectivity index (χ3n) is 7.45. The van der Waals surface area contributed by atoms with Crippen LogP contribution in [-0.4, -0.2) is 6.04 Å². The first-order valence-electron chi connectivity index (χ1n) is 12.4. The van der Waals surface area contributed by atoms with Gasteiger partial charge in [-0.2, -0.15) is 0 Å². The van der Waals surface area contributed by atoms with E-state index in [1.807, 2.05) is 0 Å². The average molecular weight is 452 g/mol. The van der Waals surface area contributed by atoms with Crippen LogP contribution in [0.5, 0.6) is 0 Å². The second kappa shape index (κ2) is 9.02. The smallest absolute Gasteiger partial charge is 0.0146 e. The molecule has 1 heteroatoms. The lowest BCUT2D eigenvalue weighted by molar-refractivity contribution is 0.571. The van der Waals surface area contributed by atoms with Crippen LogP contribution >= 0.6 is 0 Å². The van der Waals surface area contributed by atoms with Crippen molar-refractivity contribution in [3.05, 3.63) is 132 Å². The van der Waals surface area contributed by atoms with Gasteiger partial charge in [-0.05, 0) is 86.2 Å². The fourth-order valence-corrected chi connectivity index (χ4v) is 5.44. The first kappa shape index (κ1) is 21.6. The van der Waals surface area contributed by atoms with Gasteiger partial charge >= 0.3 is 0 Å². The monoisotopic (exact) mass is 451 g/mol. The highest BCUT2D eigenvalue weighted by atomic mass is 14.6. The van der Waals surface area contributed by atoms with Crippen molar-refractivity contribution in [3.63, 3.8) is 0 Å². The van der Waals surface area contributed by atoms with Gasteiger partial charge in [0.1, 0.15) is 0 Å². The van der Waals surface area contributed by atoms with Gasteiger partial charge in [0.25, 0.3) is 0 Å². The number of nitrogens with two attached hydrogens (primary N) is 1. The van der Waals surface area contributed by atoms with Crippen molar-refractivity contribution in [1.29, 1.82) is 0 Å². The van der Waals surface area contributed by atoms with E-state index in [0.717, 1.165) is 6.42 Å². The van der Waals surface area contributed by atoms with E-state index in [0.29, 0.717) is 0 Å². The molecule has 1 aliphatic rings. The summed E-state index contributed by atoms with van der Waals surface area (Å²) in [7, 11) is 0. The predicted octanol–water partition coefficient (Wildman–Crippen LogP) is 8.34. The van der Waals surface area contributed by atoms with Crippen LogP contribution in [0.3, 0.4) is 0 Å². The Morgan fingerprint density at radius 3 is 1.66 bits per heavy atom. The van der Waals surface area contributed by atoms with E-state index in [-0.39, 0.29) is 12.0 Å². The molecule has 5 aromatic carbocycles.